The van der Waals surface area contributed by atoms with Gasteiger partial charge < -0.3 is 26.0 Å². The van der Waals surface area contributed by atoms with E-state index in [1.807, 2.05) is 0 Å². The van der Waals surface area contributed by atoms with E-state index in [1.54, 1.807) is 39.0 Å². The molecule has 1 heterocycles. The normalized spacial score (nSPS) is 11.8. The Bertz CT molecular complexity index is 974. The first kappa shape index (κ1) is 23.6. The number of ether oxygens (including phenoxy) is 1. The molecule has 9 nitrogen and oxygen atoms in total. The van der Waals surface area contributed by atoms with Crippen molar-refractivity contribution in [2.75, 3.05) is 17.7 Å². The number of para-hydroxylation sites is 1. The van der Waals surface area contributed by atoms with Gasteiger partial charge in [-0.2, -0.15) is 0 Å². The number of aromatic nitrogens is 1. The average molecular weight is 431 g/mol. The maximum absolute atomic E-state index is 13.5. The van der Waals surface area contributed by atoms with Gasteiger partial charge in [0.15, 0.2) is 0 Å². The van der Waals surface area contributed by atoms with E-state index in [4.69, 9.17) is 4.74 Å². The fraction of sp³-hybridized carbons (Fsp3) is 0.333. The molecule has 3 amide bonds. The molecule has 31 heavy (non-hydrogen) atoms. The van der Waals surface area contributed by atoms with Gasteiger partial charge in [-0.1, -0.05) is 6.07 Å². The number of hydrogen-bond donors (Lipinski definition) is 4. The number of alkyl carbamates (subject to hydrolysis) is 1. The Hall–Kier alpha value is -3.69. The summed E-state index contributed by atoms with van der Waals surface area (Å²) in [5, 5.41) is 10.6. The van der Waals surface area contributed by atoms with E-state index in [-0.39, 0.29) is 22.6 Å². The largest absolute Gasteiger partial charge is 0.444 e. The van der Waals surface area contributed by atoms with E-state index in [2.05, 4.69) is 26.3 Å². The van der Waals surface area contributed by atoms with Crippen LogP contribution in [0.4, 0.5) is 26.2 Å². The number of hydrogen-bond acceptors (Lipinski definition) is 6. The van der Waals surface area contributed by atoms with Crippen molar-refractivity contribution < 1.29 is 23.5 Å². The van der Waals surface area contributed by atoms with Crippen molar-refractivity contribution in [1.29, 1.82) is 0 Å². The van der Waals surface area contributed by atoms with Crippen molar-refractivity contribution in [3.63, 3.8) is 0 Å². The minimum Gasteiger partial charge on any atom is -0.444 e. The van der Waals surface area contributed by atoms with Gasteiger partial charge in [-0.15, -0.1) is 0 Å². The predicted octanol–water partition coefficient (Wildman–Crippen LogP) is 3.18. The van der Waals surface area contributed by atoms with Crippen LogP contribution >= 0.6 is 0 Å². The second-order valence-corrected chi connectivity index (χ2v) is 7.68. The minimum atomic E-state index is -0.929. The molecule has 2 aromatic rings. The summed E-state index contributed by atoms with van der Waals surface area (Å²) in [5.74, 6) is -1.52. The summed E-state index contributed by atoms with van der Waals surface area (Å²) >= 11 is 0. The number of nitrogens with zero attached hydrogens (tertiary/aromatic N) is 1. The maximum atomic E-state index is 13.5. The van der Waals surface area contributed by atoms with Gasteiger partial charge in [0, 0.05) is 13.1 Å². The minimum absolute atomic E-state index is 0.220. The number of halogens is 1. The molecule has 166 valence electrons. The number of benzene rings is 1. The first-order valence-corrected chi connectivity index (χ1v) is 9.53. The summed E-state index contributed by atoms with van der Waals surface area (Å²) in [5.41, 5.74) is 0.294. The highest BCUT2D eigenvalue weighted by Crippen LogP contribution is 2.30. The number of carbonyl (C=O) groups excluding carboxylic acids is 3. The Morgan fingerprint density at radius 1 is 1.16 bits per heavy atom. The Kier molecular flexibility index (Phi) is 7.51. The van der Waals surface area contributed by atoms with E-state index in [9.17, 15) is 18.8 Å². The molecule has 10 heteroatoms. The highest BCUT2D eigenvalue weighted by atomic mass is 19.1. The molecule has 1 aromatic heterocycles. The number of pyridine rings is 1. The summed E-state index contributed by atoms with van der Waals surface area (Å²) in [7, 11) is 1.47. The van der Waals surface area contributed by atoms with Gasteiger partial charge in [-0.05, 0) is 39.8 Å². The summed E-state index contributed by atoms with van der Waals surface area (Å²) in [4.78, 5) is 40.7. The third kappa shape index (κ3) is 6.95. The van der Waals surface area contributed by atoms with Crippen molar-refractivity contribution in [3.8, 4) is 0 Å². The second kappa shape index (κ2) is 9.88. The SMILES string of the molecule is CNC(=O)c1cccc(NC(=O)C(C)NC(=O)OC(C)(C)C)c1Nc1cncc(F)c1. The van der Waals surface area contributed by atoms with Crippen LogP contribution in [-0.4, -0.2) is 41.6 Å². The average Bonchev–Trinajstić information content (AvgIpc) is 2.67. The van der Waals surface area contributed by atoms with Gasteiger partial charge in [-0.25, -0.2) is 9.18 Å². The molecule has 0 spiro atoms. The molecule has 0 saturated heterocycles. The molecule has 1 aromatic carbocycles. The molecule has 1 unspecified atom stereocenters. The Labute approximate surface area is 179 Å². The van der Waals surface area contributed by atoms with E-state index in [1.165, 1.54) is 26.2 Å². The van der Waals surface area contributed by atoms with Gasteiger partial charge in [0.05, 0.1) is 35.0 Å². The van der Waals surface area contributed by atoms with Crippen LogP contribution in [0, 0.1) is 5.82 Å². The third-order valence-electron chi connectivity index (χ3n) is 3.89. The number of nitrogens with one attached hydrogen (secondary N) is 4. The topological polar surface area (TPSA) is 121 Å². The highest BCUT2D eigenvalue weighted by Gasteiger charge is 2.23. The third-order valence-corrected chi connectivity index (χ3v) is 3.89. The monoisotopic (exact) mass is 431 g/mol. The van der Waals surface area contributed by atoms with Crippen molar-refractivity contribution in [2.24, 2.45) is 0 Å². The van der Waals surface area contributed by atoms with Gasteiger partial charge in [-0.3, -0.25) is 14.6 Å². The lowest BCUT2D eigenvalue weighted by atomic mass is 10.1. The molecule has 2 rings (SSSR count). The van der Waals surface area contributed by atoms with Crippen LogP contribution < -0.4 is 21.3 Å². The molecule has 0 saturated carbocycles. The van der Waals surface area contributed by atoms with Crippen molar-refractivity contribution in [1.82, 2.24) is 15.6 Å². The number of anilines is 3. The summed E-state index contributed by atoms with van der Waals surface area (Å²) < 4.78 is 18.7. The van der Waals surface area contributed by atoms with Gasteiger partial charge in [0.25, 0.3) is 5.91 Å². The maximum Gasteiger partial charge on any atom is 0.408 e. The molecule has 0 bridgehead atoms. The standard InChI is InChI=1S/C21H26FN5O4/c1-12(25-20(30)31-21(2,3)4)18(28)27-16-8-6-7-15(19(29)23-5)17(16)26-14-9-13(22)10-24-11-14/h6-12,26H,1-5H3,(H,23,29)(H,25,30)(H,27,28). The fourth-order valence-electron chi connectivity index (χ4n) is 2.53. The molecule has 0 aliphatic heterocycles. The molecule has 0 radical (unpaired) electrons. The predicted molar refractivity (Wildman–Crippen MR) is 115 cm³/mol. The smallest absolute Gasteiger partial charge is 0.408 e. The van der Waals surface area contributed by atoms with Gasteiger partial charge in [0.1, 0.15) is 17.5 Å². The molecular weight excluding hydrogens is 405 g/mol. The molecule has 0 aliphatic rings. The van der Waals surface area contributed by atoms with Crippen LogP contribution in [0.2, 0.25) is 0 Å². The van der Waals surface area contributed by atoms with Crippen LogP contribution in [0.25, 0.3) is 0 Å². The zero-order valence-corrected chi connectivity index (χ0v) is 18.0. The van der Waals surface area contributed by atoms with E-state index in [0.717, 1.165) is 6.20 Å². The lowest BCUT2D eigenvalue weighted by molar-refractivity contribution is -0.117. The van der Waals surface area contributed by atoms with Crippen LogP contribution in [0.15, 0.2) is 36.7 Å². The van der Waals surface area contributed by atoms with E-state index >= 15 is 0 Å². The lowest BCUT2D eigenvalue weighted by Crippen LogP contribution is -2.44. The zero-order chi connectivity index (χ0) is 23.2. The van der Waals surface area contributed by atoms with Crippen LogP contribution in [0.3, 0.4) is 0 Å². The van der Waals surface area contributed by atoms with Crippen molar-refractivity contribution >= 4 is 35.0 Å². The molecule has 4 N–H and O–H groups in total. The quantitative estimate of drug-likeness (QED) is 0.557. The van der Waals surface area contributed by atoms with E-state index < -0.39 is 35.4 Å². The Morgan fingerprint density at radius 2 is 1.87 bits per heavy atom. The molecule has 1 atom stereocenters. The van der Waals surface area contributed by atoms with Crippen LogP contribution in [0.5, 0.6) is 0 Å². The van der Waals surface area contributed by atoms with Crippen LogP contribution in [-0.2, 0) is 9.53 Å². The van der Waals surface area contributed by atoms with E-state index in [0.29, 0.717) is 0 Å². The van der Waals surface area contributed by atoms with Gasteiger partial charge in [0.2, 0.25) is 5.91 Å². The number of rotatable bonds is 6. The van der Waals surface area contributed by atoms with Crippen molar-refractivity contribution in [2.45, 2.75) is 39.3 Å². The number of amides is 3. The zero-order valence-electron chi connectivity index (χ0n) is 18.0. The Morgan fingerprint density at radius 3 is 2.48 bits per heavy atom. The number of carbonyl (C=O) groups is 3. The molecule has 0 aliphatic carbocycles. The molecular formula is C21H26FN5O4. The lowest BCUT2D eigenvalue weighted by Gasteiger charge is -2.22. The fourth-order valence-corrected chi connectivity index (χ4v) is 2.53. The first-order chi connectivity index (χ1) is 14.5. The summed E-state index contributed by atoms with van der Waals surface area (Å²) in [6, 6.07) is 4.97. The second-order valence-electron chi connectivity index (χ2n) is 7.68. The molecule has 0 fully saturated rings. The summed E-state index contributed by atoms with van der Waals surface area (Å²) in [6.07, 6.45) is 1.68. The Balaban J connectivity index is 2.27. The van der Waals surface area contributed by atoms with Crippen LogP contribution in [0.1, 0.15) is 38.1 Å². The first-order valence-electron chi connectivity index (χ1n) is 9.53. The highest BCUT2D eigenvalue weighted by molar-refractivity contribution is 6.06. The summed E-state index contributed by atoms with van der Waals surface area (Å²) in [6.45, 7) is 6.62. The van der Waals surface area contributed by atoms with Gasteiger partial charge >= 0.3 is 6.09 Å². The van der Waals surface area contributed by atoms with Crippen molar-refractivity contribution in [3.05, 3.63) is 48.0 Å².